The SMILES string of the molecule is Cc1ccc(NC(=O)COC(=O)CNS(=O)(=O)c2c(F)cc(F)cc2Br)c(F)c1. The molecular formula is C17H14BrF3N2O5S. The van der Waals surface area contributed by atoms with Crippen LogP contribution in [-0.4, -0.2) is 33.4 Å². The Morgan fingerprint density at radius 2 is 1.79 bits per heavy atom. The number of aryl methyl sites for hydroxylation is 1. The molecule has 2 rings (SSSR count). The molecule has 29 heavy (non-hydrogen) atoms. The van der Waals surface area contributed by atoms with Crippen molar-refractivity contribution in [3.05, 3.63) is 57.8 Å². The number of hydrogen-bond acceptors (Lipinski definition) is 5. The van der Waals surface area contributed by atoms with Crippen LogP contribution in [0.25, 0.3) is 0 Å². The van der Waals surface area contributed by atoms with Gasteiger partial charge in [0.05, 0.1) is 5.69 Å². The van der Waals surface area contributed by atoms with Crippen molar-refractivity contribution in [3.63, 3.8) is 0 Å². The van der Waals surface area contributed by atoms with E-state index in [9.17, 15) is 31.2 Å². The average molecular weight is 495 g/mol. The van der Waals surface area contributed by atoms with Gasteiger partial charge in [0.1, 0.15) is 28.9 Å². The molecule has 7 nitrogen and oxygen atoms in total. The van der Waals surface area contributed by atoms with Gasteiger partial charge in [-0.3, -0.25) is 9.59 Å². The average Bonchev–Trinajstić information content (AvgIpc) is 2.59. The van der Waals surface area contributed by atoms with Crippen LogP contribution in [-0.2, 0) is 24.3 Å². The van der Waals surface area contributed by atoms with Crippen molar-refractivity contribution < 1.29 is 35.9 Å². The normalized spacial score (nSPS) is 11.2. The van der Waals surface area contributed by atoms with Crippen molar-refractivity contribution in [1.82, 2.24) is 4.72 Å². The Bertz CT molecular complexity index is 1040. The van der Waals surface area contributed by atoms with Gasteiger partial charge in [0, 0.05) is 10.5 Å². The lowest BCUT2D eigenvalue weighted by Crippen LogP contribution is -2.33. The number of nitrogens with one attached hydrogen (secondary N) is 2. The van der Waals surface area contributed by atoms with Crippen LogP contribution in [0.2, 0.25) is 0 Å². The minimum absolute atomic E-state index is 0.117. The number of amides is 1. The summed E-state index contributed by atoms with van der Waals surface area (Å²) in [6.07, 6.45) is 0. The zero-order valence-corrected chi connectivity index (χ0v) is 17.2. The molecule has 0 saturated heterocycles. The highest BCUT2D eigenvalue weighted by atomic mass is 79.9. The van der Waals surface area contributed by atoms with Crippen LogP contribution in [0.1, 0.15) is 5.56 Å². The maximum absolute atomic E-state index is 13.8. The van der Waals surface area contributed by atoms with Gasteiger partial charge in [-0.25, -0.2) is 21.6 Å². The molecular weight excluding hydrogens is 481 g/mol. The molecule has 2 aromatic rings. The van der Waals surface area contributed by atoms with E-state index in [0.717, 1.165) is 6.07 Å². The molecule has 0 aromatic heterocycles. The largest absolute Gasteiger partial charge is 0.455 e. The molecule has 1 amide bonds. The Labute approximate surface area is 172 Å². The van der Waals surface area contributed by atoms with E-state index in [4.69, 9.17) is 0 Å². The summed E-state index contributed by atoms with van der Waals surface area (Å²) >= 11 is 2.73. The second kappa shape index (κ2) is 9.37. The maximum atomic E-state index is 13.8. The van der Waals surface area contributed by atoms with Gasteiger partial charge in [-0.1, -0.05) is 6.07 Å². The van der Waals surface area contributed by atoms with Crippen molar-refractivity contribution in [2.75, 3.05) is 18.5 Å². The second-order valence-corrected chi connectivity index (χ2v) is 8.27. The summed E-state index contributed by atoms with van der Waals surface area (Å²) in [6, 6.07) is 5.19. The first-order valence-electron chi connectivity index (χ1n) is 7.85. The first-order valence-corrected chi connectivity index (χ1v) is 10.1. The minimum atomic E-state index is -4.52. The summed E-state index contributed by atoms with van der Waals surface area (Å²) in [7, 11) is -4.52. The smallest absolute Gasteiger partial charge is 0.321 e. The van der Waals surface area contributed by atoms with E-state index in [1.165, 1.54) is 12.1 Å². The number of halogens is 4. The lowest BCUT2D eigenvalue weighted by atomic mass is 10.2. The summed E-state index contributed by atoms with van der Waals surface area (Å²) < 4.78 is 70.7. The first-order chi connectivity index (χ1) is 13.5. The number of esters is 1. The number of sulfonamides is 1. The summed E-state index contributed by atoms with van der Waals surface area (Å²) in [5.41, 5.74) is 0.525. The first kappa shape index (κ1) is 22.8. The van der Waals surface area contributed by atoms with E-state index < -0.39 is 57.4 Å². The predicted octanol–water partition coefficient (Wildman–Crippen LogP) is 2.64. The second-order valence-electron chi connectivity index (χ2n) is 5.72. The van der Waals surface area contributed by atoms with E-state index in [1.807, 2.05) is 0 Å². The van der Waals surface area contributed by atoms with E-state index in [0.29, 0.717) is 11.6 Å². The number of ether oxygens (including phenoxy) is 1. The van der Waals surface area contributed by atoms with Gasteiger partial charge in [0.2, 0.25) is 10.0 Å². The van der Waals surface area contributed by atoms with Crippen molar-refractivity contribution in [2.45, 2.75) is 11.8 Å². The van der Waals surface area contributed by atoms with E-state index in [1.54, 1.807) is 17.7 Å². The van der Waals surface area contributed by atoms with Gasteiger partial charge in [-0.05, 0) is 46.6 Å². The van der Waals surface area contributed by atoms with Crippen LogP contribution in [0.5, 0.6) is 0 Å². The molecule has 0 unspecified atom stereocenters. The Morgan fingerprint density at radius 3 is 2.41 bits per heavy atom. The fourth-order valence-corrected chi connectivity index (χ4v) is 4.25. The zero-order valence-electron chi connectivity index (χ0n) is 14.8. The van der Waals surface area contributed by atoms with E-state index >= 15 is 0 Å². The summed E-state index contributed by atoms with van der Waals surface area (Å²) in [6.45, 7) is -0.0614. The van der Waals surface area contributed by atoms with E-state index in [2.05, 4.69) is 26.0 Å². The molecule has 0 spiro atoms. The van der Waals surface area contributed by atoms with Crippen LogP contribution < -0.4 is 10.0 Å². The number of carbonyl (C=O) groups is 2. The van der Waals surface area contributed by atoms with Gasteiger partial charge >= 0.3 is 5.97 Å². The van der Waals surface area contributed by atoms with Crippen LogP contribution >= 0.6 is 15.9 Å². The van der Waals surface area contributed by atoms with Crippen LogP contribution in [0, 0.1) is 24.4 Å². The lowest BCUT2D eigenvalue weighted by molar-refractivity contribution is -0.146. The zero-order chi connectivity index (χ0) is 21.8. The maximum Gasteiger partial charge on any atom is 0.321 e. The van der Waals surface area contributed by atoms with Crippen LogP contribution in [0.4, 0.5) is 18.9 Å². The highest BCUT2D eigenvalue weighted by Crippen LogP contribution is 2.26. The molecule has 0 aliphatic heterocycles. The summed E-state index contributed by atoms with van der Waals surface area (Å²) in [5.74, 6) is -5.03. The van der Waals surface area contributed by atoms with Gasteiger partial charge in [0.15, 0.2) is 6.61 Å². The fourth-order valence-electron chi connectivity index (χ4n) is 2.12. The monoisotopic (exact) mass is 494 g/mol. The number of anilines is 1. The van der Waals surface area contributed by atoms with Gasteiger partial charge in [0.25, 0.3) is 5.91 Å². The number of benzene rings is 2. The Kier molecular flexibility index (Phi) is 7.38. The lowest BCUT2D eigenvalue weighted by Gasteiger charge is -2.10. The van der Waals surface area contributed by atoms with Gasteiger partial charge in [-0.2, -0.15) is 4.72 Å². The van der Waals surface area contributed by atoms with Crippen molar-refractivity contribution >= 4 is 43.5 Å². The molecule has 0 bridgehead atoms. The van der Waals surface area contributed by atoms with Gasteiger partial charge < -0.3 is 10.1 Å². The molecule has 0 fully saturated rings. The third-order valence-corrected chi connectivity index (χ3v) is 5.77. The third kappa shape index (κ3) is 6.27. The van der Waals surface area contributed by atoms with E-state index in [-0.39, 0.29) is 10.2 Å². The fraction of sp³-hybridized carbons (Fsp3) is 0.176. The molecule has 0 aliphatic rings. The van der Waals surface area contributed by atoms with Crippen LogP contribution in [0.3, 0.4) is 0 Å². The van der Waals surface area contributed by atoms with Crippen LogP contribution in [0.15, 0.2) is 39.7 Å². The Hall–Kier alpha value is -2.44. The highest BCUT2D eigenvalue weighted by Gasteiger charge is 2.24. The molecule has 0 radical (unpaired) electrons. The predicted molar refractivity (Wildman–Crippen MR) is 100.0 cm³/mol. The summed E-state index contributed by atoms with van der Waals surface area (Å²) in [5, 5.41) is 2.19. The van der Waals surface area contributed by atoms with Crippen molar-refractivity contribution in [1.29, 1.82) is 0 Å². The molecule has 2 aromatic carbocycles. The molecule has 2 N–H and O–H groups in total. The molecule has 0 aliphatic carbocycles. The van der Waals surface area contributed by atoms with Crippen molar-refractivity contribution in [3.8, 4) is 0 Å². The number of rotatable bonds is 7. The Balaban J connectivity index is 1.90. The minimum Gasteiger partial charge on any atom is -0.455 e. The highest BCUT2D eigenvalue weighted by molar-refractivity contribution is 9.10. The Morgan fingerprint density at radius 1 is 1.10 bits per heavy atom. The standard InChI is InChI=1S/C17H14BrF3N2O5S/c1-9-2-3-14(12(20)4-9)23-15(24)8-28-16(25)7-22-29(26,27)17-11(18)5-10(19)6-13(17)21/h2-6,22H,7-8H2,1H3,(H,23,24). The molecule has 12 heteroatoms. The third-order valence-electron chi connectivity index (χ3n) is 3.40. The molecule has 0 atom stereocenters. The molecule has 156 valence electrons. The van der Waals surface area contributed by atoms with Gasteiger partial charge in [-0.15, -0.1) is 0 Å². The summed E-state index contributed by atoms with van der Waals surface area (Å²) in [4.78, 5) is 22.5. The number of carbonyl (C=O) groups excluding carboxylic acids is 2. The quantitative estimate of drug-likeness (QED) is 0.576. The topological polar surface area (TPSA) is 102 Å². The van der Waals surface area contributed by atoms with Crippen molar-refractivity contribution in [2.24, 2.45) is 0 Å². The molecule has 0 heterocycles. The number of hydrogen-bond donors (Lipinski definition) is 2. The molecule has 0 saturated carbocycles.